The Kier molecular flexibility index (Phi) is 4.68. The molecule has 92 valence electrons. The summed E-state index contributed by atoms with van der Waals surface area (Å²) >= 11 is 0. The summed E-state index contributed by atoms with van der Waals surface area (Å²) in [5.41, 5.74) is 1.49. The van der Waals surface area contributed by atoms with E-state index in [4.69, 9.17) is 10.6 Å². The molecular formula is C12H15NO4. The Bertz CT molecular complexity index is 429. The zero-order chi connectivity index (χ0) is 12.8. The lowest BCUT2D eigenvalue weighted by Gasteiger charge is -2.13. The average Bonchev–Trinajstić information content (AvgIpc) is 2.37. The highest BCUT2D eigenvalue weighted by atomic mass is 16.6. The van der Waals surface area contributed by atoms with Crippen LogP contribution in [0.4, 0.5) is 0 Å². The van der Waals surface area contributed by atoms with Crippen LogP contribution in [0.15, 0.2) is 24.8 Å². The summed E-state index contributed by atoms with van der Waals surface area (Å²) in [7, 11) is 2.83. The normalized spacial score (nSPS) is 9.82. The Morgan fingerprint density at radius 3 is 2.65 bits per heavy atom. The number of nitrogens with two attached hydrogens (primary N) is 1. The van der Waals surface area contributed by atoms with Crippen molar-refractivity contribution in [2.75, 3.05) is 14.2 Å². The van der Waals surface area contributed by atoms with Crippen molar-refractivity contribution >= 4 is 11.5 Å². The monoisotopic (exact) mass is 237 g/mol. The second-order valence-corrected chi connectivity index (χ2v) is 3.27. The minimum Gasteiger partial charge on any atom is -0.496 e. The number of hydrogen-bond donors (Lipinski definition) is 1. The van der Waals surface area contributed by atoms with Crippen LogP contribution in [0.5, 0.6) is 5.75 Å². The highest BCUT2D eigenvalue weighted by Gasteiger charge is 2.16. The molecule has 0 spiro atoms. The van der Waals surface area contributed by atoms with Gasteiger partial charge in [-0.2, -0.15) is 0 Å². The van der Waals surface area contributed by atoms with Crippen LogP contribution in [0.2, 0.25) is 0 Å². The lowest BCUT2D eigenvalue weighted by molar-refractivity contribution is -0.133. The van der Waals surface area contributed by atoms with Crippen molar-refractivity contribution in [2.24, 2.45) is 5.90 Å². The zero-order valence-corrected chi connectivity index (χ0v) is 9.86. The van der Waals surface area contributed by atoms with Gasteiger partial charge in [0.05, 0.1) is 26.4 Å². The number of benzene rings is 1. The first-order valence-electron chi connectivity index (χ1n) is 4.90. The molecule has 0 heterocycles. The quantitative estimate of drug-likeness (QED) is 0.474. The van der Waals surface area contributed by atoms with E-state index in [0.717, 1.165) is 0 Å². The minimum atomic E-state index is -0.503. The van der Waals surface area contributed by atoms with Crippen LogP contribution < -0.4 is 10.6 Å². The first kappa shape index (κ1) is 13.2. The molecule has 1 rings (SSSR count). The summed E-state index contributed by atoms with van der Waals surface area (Å²) in [6.45, 7) is 3.81. The van der Waals surface area contributed by atoms with Gasteiger partial charge in [-0.3, -0.25) is 4.84 Å². The molecule has 0 fully saturated rings. The number of rotatable bonds is 5. The zero-order valence-electron chi connectivity index (χ0n) is 9.86. The van der Waals surface area contributed by atoms with Crippen molar-refractivity contribution in [3.63, 3.8) is 0 Å². The predicted molar refractivity (Wildman–Crippen MR) is 63.0 cm³/mol. The maximum atomic E-state index is 11.4. The molecule has 2 N–H and O–H groups in total. The molecule has 5 heteroatoms. The van der Waals surface area contributed by atoms with E-state index in [9.17, 15) is 4.79 Å². The maximum Gasteiger partial charge on any atom is 0.337 e. The van der Waals surface area contributed by atoms with Crippen LogP contribution in [0.1, 0.15) is 11.1 Å². The van der Waals surface area contributed by atoms with E-state index in [1.54, 1.807) is 18.2 Å². The van der Waals surface area contributed by atoms with E-state index in [1.807, 2.05) is 0 Å². The topological polar surface area (TPSA) is 70.8 Å². The van der Waals surface area contributed by atoms with E-state index in [2.05, 4.69) is 16.2 Å². The van der Waals surface area contributed by atoms with E-state index in [0.29, 0.717) is 16.9 Å². The molecule has 0 radical (unpaired) electrons. The van der Waals surface area contributed by atoms with Gasteiger partial charge in [0, 0.05) is 5.56 Å². The lowest BCUT2D eigenvalue weighted by atomic mass is 10.0. The van der Waals surface area contributed by atoms with Crippen molar-refractivity contribution in [2.45, 2.75) is 6.61 Å². The fourth-order valence-electron chi connectivity index (χ4n) is 1.50. The minimum absolute atomic E-state index is 0.120. The van der Waals surface area contributed by atoms with Gasteiger partial charge in [0.1, 0.15) is 5.75 Å². The van der Waals surface area contributed by atoms with Gasteiger partial charge in [-0.1, -0.05) is 18.7 Å². The number of carbonyl (C=O) groups excluding carboxylic acids is 1. The van der Waals surface area contributed by atoms with Crippen LogP contribution >= 0.6 is 0 Å². The van der Waals surface area contributed by atoms with Crippen molar-refractivity contribution in [1.82, 2.24) is 0 Å². The average molecular weight is 237 g/mol. The number of esters is 1. The molecule has 0 aromatic heterocycles. The molecule has 0 amide bonds. The Balaban J connectivity index is 3.22. The van der Waals surface area contributed by atoms with E-state index in [1.165, 1.54) is 14.2 Å². The fraction of sp³-hybridized carbons (Fsp3) is 0.250. The largest absolute Gasteiger partial charge is 0.496 e. The molecular weight excluding hydrogens is 222 g/mol. The smallest absolute Gasteiger partial charge is 0.337 e. The Morgan fingerprint density at radius 1 is 1.41 bits per heavy atom. The van der Waals surface area contributed by atoms with Gasteiger partial charge in [0.2, 0.25) is 0 Å². The van der Waals surface area contributed by atoms with Gasteiger partial charge in [0.15, 0.2) is 0 Å². The number of methoxy groups -OCH3 is 2. The highest BCUT2D eigenvalue weighted by molar-refractivity contribution is 6.16. The van der Waals surface area contributed by atoms with Gasteiger partial charge in [-0.25, -0.2) is 10.7 Å². The summed E-state index contributed by atoms with van der Waals surface area (Å²) in [6.07, 6.45) is 0. The van der Waals surface area contributed by atoms with Crippen molar-refractivity contribution in [3.05, 3.63) is 35.9 Å². The summed E-state index contributed by atoms with van der Waals surface area (Å²) in [5, 5.41) is 0. The predicted octanol–water partition coefficient (Wildman–Crippen LogP) is 1.27. The highest BCUT2D eigenvalue weighted by Crippen LogP contribution is 2.27. The van der Waals surface area contributed by atoms with Gasteiger partial charge in [0.25, 0.3) is 0 Å². The molecule has 0 saturated heterocycles. The van der Waals surface area contributed by atoms with E-state index >= 15 is 0 Å². The van der Waals surface area contributed by atoms with Crippen LogP contribution in [0.25, 0.3) is 5.57 Å². The molecule has 0 saturated carbocycles. The third-order valence-electron chi connectivity index (χ3n) is 2.34. The molecule has 1 aromatic rings. The van der Waals surface area contributed by atoms with Crippen molar-refractivity contribution < 1.29 is 19.1 Å². The van der Waals surface area contributed by atoms with Crippen LogP contribution in [-0.2, 0) is 21.0 Å². The SMILES string of the molecule is C=C(C(=O)OC)c1cccc(OC)c1CON. The van der Waals surface area contributed by atoms with Gasteiger partial charge in [-0.05, 0) is 11.6 Å². The Hall–Kier alpha value is -1.85. The van der Waals surface area contributed by atoms with Crippen LogP contribution in [0.3, 0.4) is 0 Å². The van der Waals surface area contributed by atoms with Crippen LogP contribution in [0, 0.1) is 0 Å². The van der Waals surface area contributed by atoms with E-state index < -0.39 is 5.97 Å². The molecule has 1 aromatic carbocycles. The molecule has 0 unspecified atom stereocenters. The number of hydrogen-bond acceptors (Lipinski definition) is 5. The molecule has 0 aliphatic heterocycles. The standard InChI is InChI=1S/C12H15NO4/c1-8(12(14)16-3)9-5-4-6-11(15-2)10(9)7-17-13/h4-6H,1,7,13H2,2-3H3. The molecule has 17 heavy (non-hydrogen) atoms. The molecule has 5 nitrogen and oxygen atoms in total. The second-order valence-electron chi connectivity index (χ2n) is 3.27. The molecule has 0 aliphatic carbocycles. The summed E-state index contributed by atoms with van der Waals surface area (Å²) in [6, 6.07) is 5.24. The third kappa shape index (κ3) is 2.83. The number of ether oxygens (including phenoxy) is 2. The number of carbonyl (C=O) groups is 1. The van der Waals surface area contributed by atoms with Crippen molar-refractivity contribution in [3.8, 4) is 5.75 Å². The van der Waals surface area contributed by atoms with Crippen molar-refractivity contribution in [1.29, 1.82) is 0 Å². The van der Waals surface area contributed by atoms with E-state index in [-0.39, 0.29) is 12.2 Å². The maximum absolute atomic E-state index is 11.4. The summed E-state index contributed by atoms with van der Waals surface area (Å²) in [5.74, 6) is 5.14. The first-order chi connectivity index (χ1) is 8.15. The van der Waals surface area contributed by atoms with Gasteiger partial charge in [-0.15, -0.1) is 0 Å². The molecule has 0 bridgehead atoms. The Morgan fingerprint density at radius 2 is 2.12 bits per heavy atom. The lowest BCUT2D eigenvalue weighted by Crippen LogP contribution is -2.08. The first-order valence-corrected chi connectivity index (χ1v) is 4.90. The summed E-state index contributed by atoms with van der Waals surface area (Å²) in [4.78, 5) is 16.0. The van der Waals surface area contributed by atoms with Crippen LogP contribution in [-0.4, -0.2) is 20.2 Å². The Labute approximate surface area is 99.7 Å². The fourth-order valence-corrected chi connectivity index (χ4v) is 1.50. The molecule has 0 aliphatic rings. The summed E-state index contributed by atoms with van der Waals surface area (Å²) < 4.78 is 9.80. The van der Waals surface area contributed by atoms with Gasteiger partial charge < -0.3 is 9.47 Å². The molecule has 0 atom stereocenters. The van der Waals surface area contributed by atoms with Gasteiger partial charge >= 0.3 is 5.97 Å². The second kappa shape index (κ2) is 6.03. The third-order valence-corrected chi connectivity index (χ3v) is 2.34.